The molecule has 0 N–H and O–H groups in total. The zero-order valence-corrected chi connectivity index (χ0v) is 30.9. The van der Waals surface area contributed by atoms with Crippen LogP contribution in [0.1, 0.15) is 42.0 Å². The van der Waals surface area contributed by atoms with Crippen molar-refractivity contribution in [2.45, 2.75) is 40.5 Å². The van der Waals surface area contributed by atoms with Gasteiger partial charge >= 0.3 is 30.2 Å². The molecule has 0 nitrogen and oxygen atoms in total. The van der Waals surface area contributed by atoms with Gasteiger partial charge in [-0.2, -0.15) is 12.1 Å². The molecule has 0 aliphatic carbocycles. The molecule has 0 aromatic heterocycles. The van der Waals surface area contributed by atoms with Crippen molar-refractivity contribution >= 4 is 53.2 Å². The Morgan fingerprint density at radius 2 is 1.24 bits per heavy atom. The molecule has 4 heteroatoms. The maximum atomic E-state index is 3.06. The van der Waals surface area contributed by atoms with E-state index in [9.17, 15) is 0 Å². The molecule has 2 radical (unpaired) electrons. The SMILES string of the molecule is CC(C)c1cc2c(-c3ccccc3)cccc2[cH-]1.Cc1cccc(-c2ccc(C)c3[cH-]c(C)cc23)c1.Cl.Cl.[CH3-].[CH3-].[Si]=[Zr]. The Balaban J connectivity index is 0.000000694. The zero-order valence-electron chi connectivity index (χ0n) is 25.8. The molecular weight excluding hydrogens is 647 g/mol. The molecule has 0 amide bonds. The van der Waals surface area contributed by atoms with Crippen molar-refractivity contribution in [2.24, 2.45) is 0 Å². The molecule has 0 fully saturated rings. The standard InChI is InChI=1S/2C18H17.2CH3.2ClH.Si.Zr/c1-12-5-4-6-15(9-12)16-8-7-14(3)17-10-13(2)11-18(16)17;1-13(2)16-11-15-9-6-10-17(18(15)12-16)14-7-4-3-5-8-14;;;;;;/h4-11H,1-3H3;3-13H,1-2H3;2*1H3;2*1H;;/q4*-1;;;;. The fourth-order valence-electron chi connectivity index (χ4n) is 5.11. The molecule has 0 heterocycles. The maximum absolute atomic E-state index is 3.06. The number of rotatable bonds is 3. The van der Waals surface area contributed by atoms with Crippen LogP contribution in [-0.4, -0.2) is 6.88 Å². The Bertz CT molecular complexity index is 1660. The Hall–Kier alpha value is -2.22. The third kappa shape index (κ3) is 9.14. The second kappa shape index (κ2) is 18.4. The first-order chi connectivity index (χ1) is 18.4. The molecule has 42 heavy (non-hydrogen) atoms. The number of hydrogen-bond donors (Lipinski definition) is 0. The van der Waals surface area contributed by atoms with Crippen LogP contribution in [0, 0.1) is 35.6 Å². The second-order valence-corrected chi connectivity index (χ2v) is 10.3. The second-order valence-electron chi connectivity index (χ2n) is 10.3. The summed E-state index contributed by atoms with van der Waals surface area (Å²) in [6.45, 7) is 14.0. The Morgan fingerprint density at radius 1 is 0.619 bits per heavy atom. The van der Waals surface area contributed by atoms with E-state index >= 15 is 0 Å². The van der Waals surface area contributed by atoms with Gasteiger partial charge in [-0.05, 0) is 24.0 Å². The summed E-state index contributed by atoms with van der Waals surface area (Å²) in [5.41, 5.74) is 10.7. The van der Waals surface area contributed by atoms with E-state index in [0.717, 1.165) is 0 Å². The van der Waals surface area contributed by atoms with Gasteiger partial charge in [0.25, 0.3) is 0 Å². The molecule has 220 valence electrons. The van der Waals surface area contributed by atoms with E-state index in [2.05, 4.69) is 151 Å². The topological polar surface area (TPSA) is 0 Å². The fourth-order valence-corrected chi connectivity index (χ4v) is 5.11. The van der Waals surface area contributed by atoms with Gasteiger partial charge in [0.2, 0.25) is 0 Å². The third-order valence-corrected chi connectivity index (χ3v) is 7.10. The summed E-state index contributed by atoms with van der Waals surface area (Å²) in [5, 5.41) is 5.47. The molecule has 0 aliphatic rings. The monoisotopic (exact) mass is 686 g/mol. The van der Waals surface area contributed by atoms with Gasteiger partial charge < -0.3 is 14.9 Å². The number of aryl methyl sites for hydroxylation is 3. The summed E-state index contributed by atoms with van der Waals surface area (Å²) >= 11 is 1.36. The Kier molecular flexibility index (Phi) is 17.5. The van der Waals surface area contributed by atoms with Crippen molar-refractivity contribution in [3.63, 3.8) is 0 Å². The van der Waals surface area contributed by atoms with Crippen molar-refractivity contribution in [3.8, 4) is 22.3 Å². The van der Waals surface area contributed by atoms with E-state index in [4.69, 9.17) is 0 Å². The van der Waals surface area contributed by atoms with Crippen molar-refractivity contribution in [1.82, 2.24) is 0 Å². The molecule has 0 aliphatic heterocycles. The van der Waals surface area contributed by atoms with Crippen LogP contribution in [0.5, 0.6) is 0 Å². The normalized spacial score (nSPS) is 9.64. The van der Waals surface area contributed by atoms with E-state index in [0.29, 0.717) is 5.92 Å². The van der Waals surface area contributed by atoms with Crippen LogP contribution in [0.2, 0.25) is 0 Å². The van der Waals surface area contributed by atoms with Gasteiger partial charge in [0.1, 0.15) is 0 Å². The van der Waals surface area contributed by atoms with Gasteiger partial charge in [-0.1, -0.05) is 111 Å². The van der Waals surface area contributed by atoms with Crippen LogP contribution in [0.25, 0.3) is 43.8 Å². The first-order valence-electron chi connectivity index (χ1n) is 13.1. The van der Waals surface area contributed by atoms with E-state index in [-0.39, 0.29) is 39.7 Å². The quantitative estimate of drug-likeness (QED) is 0.128. The van der Waals surface area contributed by atoms with Gasteiger partial charge in [-0.3, -0.25) is 0 Å². The number of halogens is 2. The van der Waals surface area contributed by atoms with E-state index in [1.54, 1.807) is 0 Å². The minimum absolute atomic E-state index is 0. The molecule has 0 atom stereocenters. The van der Waals surface area contributed by atoms with E-state index in [1.807, 2.05) is 0 Å². The van der Waals surface area contributed by atoms with Crippen LogP contribution in [0.4, 0.5) is 0 Å². The van der Waals surface area contributed by atoms with Crippen LogP contribution in [0.15, 0.2) is 109 Å². The summed E-state index contributed by atoms with van der Waals surface area (Å²) in [7, 11) is 0. The van der Waals surface area contributed by atoms with Crippen LogP contribution in [0.3, 0.4) is 0 Å². The summed E-state index contributed by atoms with van der Waals surface area (Å²) in [6.07, 6.45) is 0. The first-order valence-corrected chi connectivity index (χ1v) is 17.3. The molecule has 0 spiro atoms. The summed E-state index contributed by atoms with van der Waals surface area (Å²) in [4.78, 5) is 0. The van der Waals surface area contributed by atoms with Gasteiger partial charge in [-0.15, -0.1) is 93.4 Å². The minimum atomic E-state index is 0. The number of benzene rings is 4. The van der Waals surface area contributed by atoms with Crippen LogP contribution < -0.4 is 0 Å². The van der Waals surface area contributed by atoms with Crippen molar-refractivity contribution < 1.29 is 23.3 Å². The molecule has 6 aromatic carbocycles. The number of fused-ring (bicyclic) bond motifs is 2. The predicted molar refractivity (Wildman–Crippen MR) is 191 cm³/mol. The molecule has 0 bridgehead atoms. The van der Waals surface area contributed by atoms with Gasteiger partial charge in [0.05, 0.1) is 0 Å². The molecule has 0 saturated heterocycles. The van der Waals surface area contributed by atoms with Gasteiger partial charge in [0.15, 0.2) is 0 Å². The molecule has 6 aromatic rings. The van der Waals surface area contributed by atoms with Crippen LogP contribution >= 0.6 is 24.8 Å². The van der Waals surface area contributed by atoms with Crippen molar-refractivity contribution in [2.75, 3.05) is 0 Å². The third-order valence-electron chi connectivity index (χ3n) is 7.10. The Morgan fingerprint density at radius 3 is 1.88 bits per heavy atom. The van der Waals surface area contributed by atoms with E-state index < -0.39 is 0 Å². The fraction of sp³-hybridized carbons (Fsp3) is 0.158. The predicted octanol–water partition coefficient (Wildman–Crippen LogP) is 11.9. The summed E-state index contributed by atoms with van der Waals surface area (Å²) in [5.74, 6) is 0.584. The van der Waals surface area contributed by atoms with E-state index in [1.165, 1.54) is 89.4 Å². The molecule has 6 rings (SSSR count). The van der Waals surface area contributed by atoms with Gasteiger partial charge in [-0.25, -0.2) is 0 Å². The zero-order chi connectivity index (χ0) is 27.2. The summed E-state index contributed by atoms with van der Waals surface area (Å²) < 4.78 is 0. The average molecular weight is 689 g/mol. The van der Waals surface area contributed by atoms with Crippen molar-refractivity contribution in [3.05, 3.63) is 146 Å². The molecular formula is C38H42Cl2SiZr-4. The van der Waals surface area contributed by atoms with Crippen LogP contribution in [-0.2, 0) is 23.3 Å². The van der Waals surface area contributed by atoms with Gasteiger partial charge in [0, 0.05) is 0 Å². The summed E-state index contributed by atoms with van der Waals surface area (Å²) in [6, 6.07) is 39.6. The Labute approximate surface area is 283 Å². The first kappa shape index (κ1) is 39.8. The molecule has 0 saturated carbocycles. The molecule has 0 unspecified atom stereocenters. The number of hydrogen-bond acceptors (Lipinski definition) is 0. The average Bonchev–Trinajstić information content (AvgIpc) is 3.55. The van der Waals surface area contributed by atoms with Crippen molar-refractivity contribution in [1.29, 1.82) is 0 Å².